The second-order valence-corrected chi connectivity index (χ2v) is 7.47. The zero-order valence-corrected chi connectivity index (χ0v) is 17.3. The largest absolute Gasteiger partial charge is 0.507 e. The molecule has 0 spiro atoms. The van der Waals surface area contributed by atoms with Crippen LogP contribution in [0.5, 0.6) is 5.75 Å². The SMILES string of the molecule is C/C(=N\NC1=NC2C(C(=O)NC(=O)N2C)N1CCc1ccccc1)c1ccccc1O. The van der Waals surface area contributed by atoms with Crippen molar-refractivity contribution in [2.75, 3.05) is 13.6 Å². The van der Waals surface area contributed by atoms with Gasteiger partial charge in [-0.1, -0.05) is 42.5 Å². The lowest BCUT2D eigenvalue weighted by atomic mass is 10.1. The van der Waals surface area contributed by atoms with Crippen molar-refractivity contribution >= 4 is 23.6 Å². The first-order chi connectivity index (χ1) is 15.0. The normalized spacial score (nSPS) is 21.0. The van der Waals surface area contributed by atoms with Gasteiger partial charge in [0.05, 0.1) is 5.71 Å². The van der Waals surface area contributed by atoms with Gasteiger partial charge in [-0.2, -0.15) is 5.10 Å². The molecule has 1 saturated heterocycles. The van der Waals surface area contributed by atoms with E-state index >= 15 is 0 Å². The van der Waals surface area contributed by atoms with Crippen LogP contribution >= 0.6 is 0 Å². The Morgan fingerprint density at radius 1 is 1.16 bits per heavy atom. The first-order valence-corrected chi connectivity index (χ1v) is 10.0. The number of fused-ring (bicyclic) bond motifs is 1. The van der Waals surface area contributed by atoms with Crippen molar-refractivity contribution in [3.05, 3.63) is 65.7 Å². The van der Waals surface area contributed by atoms with E-state index in [1.165, 1.54) is 4.90 Å². The number of rotatable bonds is 5. The molecule has 4 rings (SSSR count). The van der Waals surface area contributed by atoms with Gasteiger partial charge in [0, 0.05) is 19.2 Å². The van der Waals surface area contributed by atoms with E-state index in [9.17, 15) is 14.7 Å². The number of hydrogen-bond donors (Lipinski definition) is 3. The Morgan fingerprint density at radius 3 is 2.61 bits per heavy atom. The molecule has 0 aromatic heterocycles. The van der Waals surface area contributed by atoms with Crippen molar-refractivity contribution in [3.63, 3.8) is 0 Å². The monoisotopic (exact) mass is 420 g/mol. The van der Waals surface area contributed by atoms with Crippen LogP contribution in [-0.2, 0) is 11.2 Å². The number of likely N-dealkylation sites (N-methyl/N-ethyl adjacent to an activating group) is 1. The summed E-state index contributed by atoms with van der Waals surface area (Å²) in [4.78, 5) is 32.5. The van der Waals surface area contributed by atoms with Crippen LogP contribution in [0, 0.1) is 0 Å². The van der Waals surface area contributed by atoms with Crippen molar-refractivity contribution < 1.29 is 14.7 Å². The van der Waals surface area contributed by atoms with Crippen molar-refractivity contribution in [1.82, 2.24) is 20.5 Å². The highest BCUT2D eigenvalue weighted by Crippen LogP contribution is 2.24. The number of imide groups is 1. The first-order valence-electron chi connectivity index (χ1n) is 10.0. The minimum Gasteiger partial charge on any atom is -0.507 e. The maximum absolute atomic E-state index is 12.6. The van der Waals surface area contributed by atoms with Gasteiger partial charge in [-0.15, -0.1) is 0 Å². The number of hydrogen-bond acceptors (Lipinski definition) is 7. The Labute approximate surface area is 180 Å². The third-order valence-electron chi connectivity index (χ3n) is 5.46. The molecule has 2 heterocycles. The van der Waals surface area contributed by atoms with E-state index in [0.717, 1.165) is 5.56 Å². The van der Waals surface area contributed by atoms with E-state index < -0.39 is 18.2 Å². The van der Waals surface area contributed by atoms with E-state index in [1.807, 2.05) is 41.3 Å². The van der Waals surface area contributed by atoms with Gasteiger partial charge in [-0.3, -0.25) is 10.1 Å². The molecule has 0 aliphatic carbocycles. The van der Waals surface area contributed by atoms with Crippen LogP contribution in [0.4, 0.5) is 4.79 Å². The lowest BCUT2D eigenvalue weighted by Gasteiger charge is -2.36. The van der Waals surface area contributed by atoms with Gasteiger partial charge in [-0.25, -0.2) is 15.2 Å². The van der Waals surface area contributed by atoms with Gasteiger partial charge < -0.3 is 14.9 Å². The molecule has 1 fully saturated rings. The zero-order chi connectivity index (χ0) is 22.0. The number of nitrogens with one attached hydrogen (secondary N) is 2. The summed E-state index contributed by atoms with van der Waals surface area (Å²) in [5.74, 6) is 0.138. The number of carbonyl (C=O) groups excluding carboxylic acids is 2. The maximum atomic E-state index is 12.6. The Morgan fingerprint density at radius 2 is 1.87 bits per heavy atom. The summed E-state index contributed by atoms with van der Waals surface area (Å²) < 4.78 is 0. The number of phenols is 1. The number of urea groups is 1. The molecule has 160 valence electrons. The number of nitrogens with zero attached hydrogens (tertiary/aromatic N) is 4. The Hall–Kier alpha value is -3.88. The van der Waals surface area contributed by atoms with Crippen LogP contribution in [-0.4, -0.2) is 64.3 Å². The summed E-state index contributed by atoms with van der Waals surface area (Å²) in [5.41, 5.74) is 5.22. The summed E-state index contributed by atoms with van der Waals surface area (Å²) in [5, 5.41) is 16.8. The third kappa shape index (κ3) is 4.07. The first kappa shape index (κ1) is 20.4. The van der Waals surface area contributed by atoms with Crippen molar-refractivity contribution in [2.45, 2.75) is 25.6 Å². The molecule has 3 amide bonds. The fourth-order valence-corrected chi connectivity index (χ4v) is 3.73. The zero-order valence-electron chi connectivity index (χ0n) is 17.3. The summed E-state index contributed by atoms with van der Waals surface area (Å²) >= 11 is 0. The molecule has 2 aliphatic heterocycles. The fourth-order valence-electron chi connectivity index (χ4n) is 3.73. The third-order valence-corrected chi connectivity index (χ3v) is 5.46. The number of aromatic hydroxyl groups is 1. The molecule has 2 unspecified atom stereocenters. The highest BCUT2D eigenvalue weighted by atomic mass is 16.3. The number of amides is 3. The predicted molar refractivity (Wildman–Crippen MR) is 117 cm³/mol. The van der Waals surface area contributed by atoms with Crippen LogP contribution in [0.15, 0.2) is 64.7 Å². The van der Waals surface area contributed by atoms with E-state index in [-0.39, 0.29) is 11.7 Å². The minimum atomic E-state index is -0.644. The summed E-state index contributed by atoms with van der Waals surface area (Å²) in [7, 11) is 1.61. The van der Waals surface area contributed by atoms with E-state index in [4.69, 9.17) is 0 Å². The molecule has 0 bridgehead atoms. The van der Waals surface area contributed by atoms with Gasteiger partial charge in [0.1, 0.15) is 5.75 Å². The maximum Gasteiger partial charge on any atom is 0.325 e. The number of hydrazone groups is 1. The molecule has 31 heavy (non-hydrogen) atoms. The molecule has 2 aliphatic rings. The average molecular weight is 420 g/mol. The number of aliphatic imine (C=N–C) groups is 1. The van der Waals surface area contributed by atoms with E-state index in [1.54, 1.807) is 32.2 Å². The Balaban J connectivity index is 1.59. The highest BCUT2D eigenvalue weighted by Gasteiger charge is 2.48. The topological polar surface area (TPSA) is 110 Å². The summed E-state index contributed by atoms with van der Waals surface area (Å²) in [6, 6.07) is 15.7. The number of para-hydroxylation sites is 1. The van der Waals surface area contributed by atoms with E-state index in [2.05, 4.69) is 20.8 Å². The fraction of sp³-hybridized carbons (Fsp3) is 0.273. The molecule has 9 heteroatoms. The van der Waals surface area contributed by atoms with Crippen LogP contribution in [0.2, 0.25) is 0 Å². The number of benzene rings is 2. The Kier molecular flexibility index (Phi) is 5.57. The van der Waals surface area contributed by atoms with Crippen molar-refractivity contribution in [3.8, 4) is 5.75 Å². The lowest BCUT2D eigenvalue weighted by molar-refractivity contribution is -0.127. The molecule has 2 aromatic carbocycles. The van der Waals surface area contributed by atoms with Crippen LogP contribution < -0.4 is 10.7 Å². The summed E-state index contributed by atoms with van der Waals surface area (Å²) in [6.07, 6.45) is 0.0536. The molecule has 3 N–H and O–H groups in total. The quantitative estimate of drug-likeness (QED) is 0.502. The highest BCUT2D eigenvalue weighted by molar-refractivity contribution is 6.04. The second kappa shape index (κ2) is 8.47. The van der Waals surface area contributed by atoms with Crippen molar-refractivity contribution in [2.24, 2.45) is 10.1 Å². The number of guanidine groups is 1. The van der Waals surface area contributed by atoms with Gasteiger partial charge in [0.2, 0.25) is 5.96 Å². The smallest absolute Gasteiger partial charge is 0.325 e. The molecular weight excluding hydrogens is 396 g/mol. The molecule has 2 atom stereocenters. The number of carbonyl (C=O) groups is 2. The molecule has 9 nitrogen and oxygen atoms in total. The van der Waals surface area contributed by atoms with E-state index in [0.29, 0.717) is 30.2 Å². The predicted octanol–water partition coefficient (Wildman–Crippen LogP) is 1.50. The average Bonchev–Trinajstić information content (AvgIpc) is 3.14. The molecule has 0 saturated carbocycles. The van der Waals surface area contributed by atoms with Gasteiger partial charge in [-0.05, 0) is 31.0 Å². The van der Waals surface area contributed by atoms with Crippen molar-refractivity contribution in [1.29, 1.82) is 0 Å². The van der Waals surface area contributed by atoms with Crippen LogP contribution in [0.1, 0.15) is 18.1 Å². The van der Waals surface area contributed by atoms with Gasteiger partial charge >= 0.3 is 6.03 Å². The second-order valence-electron chi connectivity index (χ2n) is 7.47. The van der Waals surface area contributed by atoms with Gasteiger partial charge in [0.15, 0.2) is 12.2 Å². The van der Waals surface area contributed by atoms with Gasteiger partial charge in [0.25, 0.3) is 5.91 Å². The Bertz CT molecular complexity index is 1050. The lowest BCUT2D eigenvalue weighted by Crippen LogP contribution is -2.64. The van der Waals surface area contributed by atoms with Crippen LogP contribution in [0.3, 0.4) is 0 Å². The number of phenolic OH excluding ortho intramolecular Hbond substituents is 1. The molecular formula is C22H24N6O3. The minimum absolute atomic E-state index is 0.123. The molecule has 0 radical (unpaired) electrons. The molecule has 2 aromatic rings. The standard InChI is InChI=1S/C22H24N6O3/c1-14(16-10-6-7-11-17(16)29)25-26-21-23-19-18(20(30)24-22(31)27(19)2)28(21)13-12-15-8-4-3-5-9-15/h3-11,18-19,29H,12-13H2,1-2H3,(H,23,26)(H,24,30,31)/b25-14+. The summed E-state index contributed by atoms with van der Waals surface area (Å²) in [6.45, 7) is 2.28. The van der Waals surface area contributed by atoms with Crippen LogP contribution in [0.25, 0.3) is 0 Å².